The molecule has 152 valence electrons. The van der Waals surface area contributed by atoms with Crippen molar-refractivity contribution in [1.82, 2.24) is 4.98 Å². The van der Waals surface area contributed by atoms with E-state index in [4.69, 9.17) is 33.7 Å². The lowest BCUT2D eigenvalue weighted by Crippen LogP contribution is -1.99. The van der Waals surface area contributed by atoms with Crippen molar-refractivity contribution in [2.75, 3.05) is 6.54 Å². The molecule has 3 rings (SSSR count). The summed E-state index contributed by atoms with van der Waals surface area (Å²) in [6.45, 7) is 2.88. The average molecular weight is 429 g/mol. The number of benzene rings is 2. The Morgan fingerprint density at radius 2 is 1.62 bits per heavy atom. The Balaban J connectivity index is 1.84. The summed E-state index contributed by atoms with van der Waals surface area (Å²) in [5.74, 6) is 1.50. The fourth-order valence-electron chi connectivity index (χ4n) is 3.25. The quantitative estimate of drug-likeness (QED) is 0.370. The van der Waals surface area contributed by atoms with E-state index in [9.17, 15) is 0 Å². The molecule has 0 atom stereocenters. The zero-order valence-corrected chi connectivity index (χ0v) is 18.1. The molecule has 0 aliphatic rings. The van der Waals surface area contributed by atoms with E-state index in [1.54, 1.807) is 12.3 Å². The van der Waals surface area contributed by atoms with Gasteiger partial charge in [0, 0.05) is 15.7 Å². The van der Waals surface area contributed by atoms with Gasteiger partial charge in [0.2, 0.25) is 0 Å². The monoisotopic (exact) mass is 428 g/mol. The van der Waals surface area contributed by atoms with Crippen LogP contribution in [0.2, 0.25) is 10.0 Å². The number of pyridine rings is 1. The molecule has 5 heteroatoms. The first-order valence-electron chi connectivity index (χ1n) is 10.0. The van der Waals surface area contributed by atoms with Crippen molar-refractivity contribution < 1.29 is 4.74 Å². The van der Waals surface area contributed by atoms with Gasteiger partial charge in [-0.1, -0.05) is 42.6 Å². The third-order valence-electron chi connectivity index (χ3n) is 4.62. The van der Waals surface area contributed by atoms with Gasteiger partial charge in [0.15, 0.2) is 0 Å². The van der Waals surface area contributed by atoms with Gasteiger partial charge < -0.3 is 10.5 Å². The predicted molar refractivity (Wildman–Crippen MR) is 122 cm³/mol. The summed E-state index contributed by atoms with van der Waals surface area (Å²) in [6.07, 6.45) is 6.80. The lowest BCUT2D eigenvalue weighted by molar-refractivity contribution is 0.479. The number of hydrogen-bond acceptors (Lipinski definition) is 3. The van der Waals surface area contributed by atoms with Crippen molar-refractivity contribution in [3.63, 3.8) is 0 Å². The largest absolute Gasteiger partial charge is 0.456 e. The molecular formula is C24H26Cl2N2O. The minimum atomic E-state index is 0.616. The summed E-state index contributed by atoms with van der Waals surface area (Å²) in [5, 5.41) is 1.23. The molecule has 3 aromatic rings. The van der Waals surface area contributed by atoms with Crippen molar-refractivity contribution >= 4 is 23.2 Å². The number of nitrogens with two attached hydrogens (primary N) is 1. The fourth-order valence-corrected chi connectivity index (χ4v) is 3.77. The summed E-state index contributed by atoms with van der Waals surface area (Å²) in [4.78, 5) is 4.51. The molecular weight excluding hydrogens is 403 g/mol. The molecule has 1 heterocycles. The molecule has 0 saturated heterocycles. The van der Waals surface area contributed by atoms with E-state index in [-0.39, 0.29) is 0 Å². The minimum Gasteiger partial charge on any atom is -0.456 e. The number of rotatable bonds is 9. The maximum Gasteiger partial charge on any atom is 0.145 e. The highest BCUT2D eigenvalue weighted by Crippen LogP contribution is 2.32. The summed E-state index contributed by atoms with van der Waals surface area (Å²) in [6, 6.07) is 15.8. The number of nitrogens with zero attached hydrogens (tertiary/aromatic N) is 1. The topological polar surface area (TPSA) is 48.1 Å². The first-order chi connectivity index (χ1) is 14.1. The minimum absolute atomic E-state index is 0.616. The predicted octanol–water partition coefficient (Wildman–Crippen LogP) is 7.08. The van der Waals surface area contributed by atoms with Crippen LogP contribution in [0.3, 0.4) is 0 Å². The first-order valence-corrected chi connectivity index (χ1v) is 10.8. The molecule has 0 aliphatic carbocycles. The highest BCUT2D eigenvalue weighted by atomic mass is 35.5. The van der Waals surface area contributed by atoms with Gasteiger partial charge >= 0.3 is 0 Å². The SMILES string of the molecule is CCCc1cc(Oc2ccc(CCCCN)nc2)cc(-c2cc(Cl)cc(Cl)c2)c1. The number of ether oxygens (including phenoxy) is 1. The number of hydrogen-bond donors (Lipinski definition) is 1. The number of aryl methyl sites for hydroxylation is 2. The summed E-state index contributed by atoms with van der Waals surface area (Å²) in [7, 11) is 0. The Morgan fingerprint density at radius 3 is 2.28 bits per heavy atom. The summed E-state index contributed by atoms with van der Waals surface area (Å²) >= 11 is 12.4. The van der Waals surface area contributed by atoms with Crippen molar-refractivity contribution in [1.29, 1.82) is 0 Å². The van der Waals surface area contributed by atoms with Gasteiger partial charge in [0.1, 0.15) is 11.5 Å². The maximum atomic E-state index is 6.20. The Kier molecular flexibility index (Phi) is 7.93. The molecule has 0 spiro atoms. The van der Waals surface area contributed by atoms with Crippen LogP contribution in [-0.4, -0.2) is 11.5 Å². The van der Waals surface area contributed by atoms with Gasteiger partial charge in [-0.3, -0.25) is 4.98 Å². The highest BCUT2D eigenvalue weighted by molar-refractivity contribution is 6.35. The number of aromatic nitrogens is 1. The highest BCUT2D eigenvalue weighted by Gasteiger charge is 2.08. The lowest BCUT2D eigenvalue weighted by atomic mass is 10.0. The average Bonchev–Trinajstić information content (AvgIpc) is 2.69. The summed E-state index contributed by atoms with van der Waals surface area (Å²) < 4.78 is 6.12. The zero-order chi connectivity index (χ0) is 20.6. The van der Waals surface area contributed by atoms with Crippen LogP contribution in [0.1, 0.15) is 37.4 Å². The molecule has 2 aromatic carbocycles. The van der Waals surface area contributed by atoms with E-state index in [2.05, 4.69) is 24.0 Å². The van der Waals surface area contributed by atoms with E-state index < -0.39 is 0 Å². The molecule has 0 radical (unpaired) electrons. The van der Waals surface area contributed by atoms with Crippen LogP contribution >= 0.6 is 23.2 Å². The van der Waals surface area contributed by atoms with E-state index in [1.165, 1.54) is 5.56 Å². The van der Waals surface area contributed by atoms with Crippen LogP contribution in [-0.2, 0) is 12.8 Å². The molecule has 0 amide bonds. The standard InChI is InChI=1S/C24H26Cl2N2O/c1-2-5-17-10-18(19-12-20(25)15-21(26)13-19)14-24(11-17)29-23-8-7-22(28-16-23)6-3-4-9-27/h7-8,10-16H,2-6,9,27H2,1H3. The van der Waals surface area contributed by atoms with Crippen molar-refractivity contribution in [3.8, 4) is 22.6 Å². The van der Waals surface area contributed by atoms with Crippen LogP contribution in [0.25, 0.3) is 11.1 Å². The van der Waals surface area contributed by atoms with E-state index in [1.807, 2.05) is 30.3 Å². The Bertz CT molecular complexity index is 922. The first kappa shape index (κ1) is 21.6. The molecule has 0 unspecified atom stereocenters. The smallest absolute Gasteiger partial charge is 0.145 e. The molecule has 29 heavy (non-hydrogen) atoms. The Labute approximate surface area is 182 Å². The third kappa shape index (κ3) is 6.46. The van der Waals surface area contributed by atoms with Crippen molar-refractivity contribution in [2.45, 2.75) is 39.0 Å². The van der Waals surface area contributed by atoms with Crippen LogP contribution in [0.15, 0.2) is 54.7 Å². The Morgan fingerprint density at radius 1 is 0.862 bits per heavy atom. The number of unbranched alkanes of at least 4 members (excludes halogenated alkanes) is 1. The lowest BCUT2D eigenvalue weighted by Gasteiger charge is -2.12. The van der Waals surface area contributed by atoms with Crippen LogP contribution < -0.4 is 10.5 Å². The second kappa shape index (κ2) is 10.6. The molecule has 0 saturated carbocycles. The van der Waals surface area contributed by atoms with Crippen LogP contribution in [0.5, 0.6) is 11.5 Å². The second-order valence-electron chi connectivity index (χ2n) is 7.11. The van der Waals surface area contributed by atoms with E-state index in [0.717, 1.165) is 67.0 Å². The van der Waals surface area contributed by atoms with Gasteiger partial charge in [-0.05, 0) is 91.4 Å². The fraction of sp³-hybridized carbons (Fsp3) is 0.292. The number of halogens is 2. The normalized spacial score (nSPS) is 10.9. The molecule has 0 aliphatic heterocycles. The molecule has 3 nitrogen and oxygen atoms in total. The summed E-state index contributed by atoms with van der Waals surface area (Å²) in [5.41, 5.74) is 9.82. The molecule has 2 N–H and O–H groups in total. The zero-order valence-electron chi connectivity index (χ0n) is 16.6. The van der Waals surface area contributed by atoms with Gasteiger partial charge in [-0.15, -0.1) is 0 Å². The second-order valence-corrected chi connectivity index (χ2v) is 7.98. The van der Waals surface area contributed by atoms with Gasteiger partial charge in [0.05, 0.1) is 6.20 Å². The van der Waals surface area contributed by atoms with Crippen molar-refractivity contribution in [3.05, 3.63) is 76.0 Å². The van der Waals surface area contributed by atoms with Gasteiger partial charge in [-0.25, -0.2) is 0 Å². The van der Waals surface area contributed by atoms with E-state index >= 15 is 0 Å². The van der Waals surface area contributed by atoms with Crippen molar-refractivity contribution in [2.24, 2.45) is 5.73 Å². The van der Waals surface area contributed by atoms with Crippen LogP contribution in [0, 0.1) is 0 Å². The molecule has 0 fully saturated rings. The maximum absolute atomic E-state index is 6.20. The van der Waals surface area contributed by atoms with Gasteiger partial charge in [0.25, 0.3) is 0 Å². The van der Waals surface area contributed by atoms with Gasteiger partial charge in [-0.2, -0.15) is 0 Å². The van der Waals surface area contributed by atoms with Crippen LogP contribution in [0.4, 0.5) is 0 Å². The van der Waals surface area contributed by atoms with E-state index in [0.29, 0.717) is 10.0 Å². The third-order valence-corrected chi connectivity index (χ3v) is 5.06. The Hall–Kier alpha value is -2.07. The molecule has 0 bridgehead atoms. The molecule has 1 aromatic heterocycles.